The minimum absolute atomic E-state index is 0.144. The molecule has 0 saturated heterocycles. The van der Waals surface area contributed by atoms with Crippen LogP contribution in [0.15, 0.2) is 146 Å². The predicted molar refractivity (Wildman–Crippen MR) is 191 cm³/mol. The van der Waals surface area contributed by atoms with Crippen molar-refractivity contribution in [3.8, 4) is 5.75 Å². The van der Waals surface area contributed by atoms with Crippen LogP contribution in [0.5, 0.6) is 5.75 Å². The van der Waals surface area contributed by atoms with Gasteiger partial charge in [0.15, 0.2) is 5.78 Å². The molecule has 1 aromatic heterocycles. The molecule has 8 heteroatoms. The maximum Gasteiger partial charge on any atom is 0.328 e. The van der Waals surface area contributed by atoms with Gasteiger partial charge in [0.05, 0.1) is 19.2 Å². The van der Waals surface area contributed by atoms with Crippen LogP contribution in [0.25, 0.3) is 10.9 Å². The summed E-state index contributed by atoms with van der Waals surface area (Å²) in [7, 11) is 1.34. The highest BCUT2D eigenvalue weighted by Gasteiger charge is 2.23. The molecule has 0 fully saturated rings. The van der Waals surface area contributed by atoms with Crippen molar-refractivity contribution in [2.75, 3.05) is 30.5 Å². The largest absolute Gasteiger partial charge is 0.492 e. The van der Waals surface area contributed by atoms with E-state index in [1.165, 1.54) is 7.11 Å². The van der Waals surface area contributed by atoms with E-state index in [2.05, 4.69) is 10.3 Å². The van der Waals surface area contributed by atoms with Gasteiger partial charge in [0, 0.05) is 34.3 Å². The van der Waals surface area contributed by atoms with Crippen molar-refractivity contribution in [2.24, 2.45) is 0 Å². The number of carbonyl (C=O) groups excluding carboxylic acids is 3. The topological polar surface area (TPSA) is 97.8 Å². The van der Waals surface area contributed by atoms with Crippen molar-refractivity contribution >= 4 is 39.9 Å². The first kappa shape index (κ1) is 32.7. The van der Waals surface area contributed by atoms with Crippen molar-refractivity contribution in [3.63, 3.8) is 0 Å². The number of nitrogens with one attached hydrogen (secondary N) is 1. The number of ketones is 1. The van der Waals surface area contributed by atoms with Crippen LogP contribution in [0.3, 0.4) is 0 Å². The van der Waals surface area contributed by atoms with Crippen LogP contribution in [0.4, 0.5) is 11.4 Å². The molecule has 0 aliphatic carbocycles. The average molecular weight is 650 g/mol. The number of hydrogen-bond donors (Lipinski definition) is 1. The zero-order valence-electron chi connectivity index (χ0n) is 27.0. The highest BCUT2D eigenvalue weighted by molar-refractivity contribution is 6.12. The van der Waals surface area contributed by atoms with Gasteiger partial charge in [-0.2, -0.15) is 0 Å². The van der Waals surface area contributed by atoms with E-state index >= 15 is 0 Å². The number of para-hydroxylation sites is 3. The molecule has 49 heavy (non-hydrogen) atoms. The van der Waals surface area contributed by atoms with E-state index in [0.717, 1.165) is 22.2 Å². The number of methoxy groups -OCH3 is 1. The molecule has 0 radical (unpaired) electrons. The summed E-state index contributed by atoms with van der Waals surface area (Å²) < 4.78 is 11.2. The molecule has 1 heterocycles. The number of nitrogens with zero attached hydrogens (tertiary/aromatic N) is 2. The maximum absolute atomic E-state index is 13.7. The van der Waals surface area contributed by atoms with Crippen molar-refractivity contribution in [2.45, 2.75) is 12.5 Å². The van der Waals surface area contributed by atoms with Crippen LogP contribution in [-0.4, -0.2) is 48.9 Å². The molecule has 5 aromatic carbocycles. The van der Waals surface area contributed by atoms with E-state index in [4.69, 9.17) is 9.47 Å². The maximum atomic E-state index is 13.7. The molecule has 1 N–H and O–H groups in total. The van der Waals surface area contributed by atoms with Gasteiger partial charge in [0.25, 0.3) is 5.91 Å². The number of amides is 1. The van der Waals surface area contributed by atoms with E-state index in [1.54, 1.807) is 41.3 Å². The second kappa shape index (κ2) is 15.5. The normalized spacial score (nSPS) is 11.4. The summed E-state index contributed by atoms with van der Waals surface area (Å²) in [6, 6.07) is 43.6. The number of ether oxygens (including phenoxy) is 2. The van der Waals surface area contributed by atoms with Crippen LogP contribution in [0.2, 0.25) is 0 Å². The summed E-state index contributed by atoms with van der Waals surface area (Å²) in [6.07, 6.45) is 0.315. The van der Waals surface area contributed by atoms with Gasteiger partial charge in [0.2, 0.25) is 0 Å². The summed E-state index contributed by atoms with van der Waals surface area (Å²) in [6.45, 7) is 0.542. The number of anilines is 2. The third kappa shape index (κ3) is 8.00. The number of aromatic nitrogens is 1. The standard InChI is InChI=1S/C41H35N3O5/c1-48-41(47)38(43-36-19-11-9-17-34(36)39(45)31-13-4-2-5-14-31)28-29-20-23-33(24-21-29)49-27-26-44(32-15-6-3-7-16-32)40(46)37-25-22-30-12-8-10-18-35(30)42-37/h2-25,38,43H,26-28H2,1H3/t38-/m0/s1. The van der Waals surface area contributed by atoms with E-state index < -0.39 is 12.0 Å². The van der Waals surface area contributed by atoms with Crippen molar-refractivity contribution < 1.29 is 23.9 Å². The number of pyridine rings is 1. The van der Waals surface area contributed by atoms with Crippen LogP contribution in [-0.2, 0) is 16.0 Å². The number of hydrogen-bond acceptors (Lipinski definition) is 7. The molecule has 6 rings (SSSR count). The molecule has 1 atom stereocenters. The van der Waals surface area contributed by atoms with Gasteiger partial charge in [0.1, 0.15) is 24.1 Å². The number of esters is 1. The first-order valence-corrected chi connectivity index (χ1v) is 16.0. The van der Waals surface area contributed by atoms with Gasteiger partial charge >= 0.3 is 5.97 Å². The third-order valence-electron chi connectivity index (χ3n) is 8.10. The van der Waals surface area contributed by atoms with Crippen LogP contribution < -0.4 is 15.0 Å². The fraction of sp³-hybridized carbons (Fsp3) is 0.122. The van der Waals surface area contributed by atoms with Gasteiger partial charge in [-0.25, -0.2) is 9.78 Å². The van der Waals surface area contributed by atoms with E-state index in [9.17, 15) is 14.4 Å². The first-order chi connectivity index (χ1) is 24.0. The van der Waals surface area contributed by atoms with Crippen LogP contribution in [0, 0.1) is 0 Å². The Balaban J connectivity index is 1.12. The second-order valence-electron chi connectivity index (χ2n) is 11.3. The van der Waals surface area contributed by atoms with Gasteiger partial charge in [-0.3, -0.25) is 9.59 Å². The molecular weight excluding hydrogens is 614 g/mol. The van der Waals surface area contributed by atoms with Crippen molar-refractivity contribution in [1.29, 1.82) is 0 Å². The van der Waals surface area contributed by atoms with Gasteiger partial charge in [-0.1, -0.05) is 97.1 Å². The smallest absolute Gasteiger partial charge is 0.328 e. The summed E-state index contributed by atoms with van der Waals surface area (Å²) in [5, 5.41) is 4.21. The highest BCUT2D eigenvalue weighted by Crippen LogP contribution is 2.23. The Hall–Kier alpha value is -6.28. The van der Waals surface area contributed by atoms with E-state index in [0.29, 0.717) is 41.2 Å². The molecule has 0 aliphatic heterocycles. The lowest BCUT2D eigenvalue weighted by Gasteiger charge is -2.23. The van der Waals surface area contributed by atoms with E-state index in [-0.39, 0.29) is 18.3 Å². The Morgan fingerprint density at radius 1 is 0.735 bits per heavy atom. The van der Waals surface area contributed by atoms with Gasteiger partial charge in [-0.05, 0) is 54.1 Å². The molecule has 0 bridgehead atoms. The molecule has 6 aromatic rings. The zero-order valence-corrected chi connectivity index (χ0v) is 27.0. The fourth-order valence-corrected chi connectivity index (χ4v) is 5.57. The van der Waals surface area contributed by atoms with Gasteiger partial charge in [-0.15, -0.1) is 0 Å². The predicted octanol–water partition coefficient (Wildman–Crippen LogP) is 7.39. The summed E-state index contributed by atoms with van der Waals surface area (Å²) in [4.78, 5) is 46.0. The Morgan fingerprint density at radius 3 is 2.16 bits per heavy atom. The lowest BCUT2D eigenvalue weighted by molar-refractivity contribution is -0.141. The van der Waals surface area contributed by atoms with E-state index in [1.807, 2.05) is 109 Å². The lowest BCUT2D eigenvalue weighted by Crippen LogP contribution is -2.35. The zero-order chi connectivity index (χ0) is 34.0. The second-order valence-corrected chi connectivity index (χ2v) is 11.3. The Morgan fingerprint density at radius 2 is 1.41 bits per heavy atom. The van der Waals surface area contributed by atoms with Gasteiger partial charge < -0.3 is 19.7 Å². The molecule has 0 spiro atoms. The SMILES string of the molecule is COC(=O)[C@H](Cc1ccc(OCCN(C(=O)c2ccc3ccccc3n2)c2ccccc2)cc1)Nc1ccccc1C(=O)c1ccccc1. The fourth-order valence-electron chi connectivity index (χ4n) is 5.57. The minimum atomic E-state index is -0.740. The molecule has 0 unspecified atom stereocenters. The number of rotatable bonds is 13. The van der Waals surface area contributed by atoms with Crippen LogP contribution >= 0.6 is 0 Å². The highest BCUT2D eigenvalue weighted by atomic mass is 16.5. The summed E-state index contributed by atoms with van der Waals surface area (Å²) in [5.74, 6) is -0.192. The third-order valence-corrected chi connectivity index (χ3v) is 8.10. The number of fused-ring (bicyclic) bond motifs is 1. The first-order valence-electron chi connectivity index (χ1n) is 16.0. The number of carbonyl (C=O) groups is 3. The molecule has 244 valence electrons. The lowest BCUT2D eigenvalue weighted by atomic mass is 10.00. The molecule has 0 saturated carbocycles. The van der Waals surface area contributed by atoms with Crippen LogP contribution in [0.1, 0.15) is 32.0 Å². The Bertz CT molecular complexity index is 2050. The van der Waals surface area contributed by atoms with Crippen molar-refractivity contribution in [3.05, 3.63) is 168 Å². The Kier molecular flexibility index (Phi) is 10.4. The molecule has 1 amide bonds. The summed E-state index contributed by atoms with van der Waals surface area (Å²) >= 11 is 0. The Labute approximate surface area is 285 Å². The summed E-state index contributed by atoms with van der Waals surface area (Å²) in [5.41, 5.74) is 4.29. The number of benzene rings is 5. The molecular formula is C41H35N3O5. The minimum Gasteiger partial charge on any atom is -0.492 e. The van der Waals surface area contributed by atoms with Crippen molar-refractivity contribution in [1.82, 2.24) is 4.98 Å². The molecule has 8 nitrogen and oxygen atoms in total. The monoisotopic (exact) mass is 649 g/mol. The average Bonchev–Trinajstić information content (AvgIpc) is 3.16. The quantitative estimate of drug-likeness (QED) is 0.103. The molecule has 0 aliphatic rings.